The number of aromatic nitrogens is 6. The number of amides is 1. The molecule has 0 aliphatic heterocycles. The van der Waals surface area contributed by atoms with Crippen LogP contribution in [0.3, 0.4) is 0 Å². The van der Waals surface area contributed by atoms with Crippen LogP contribution in [-0.2, 0) is 22.4 Å². The fraction of sp³-hybridized carbons (Fsp3) is 0.360. The van der Waals surface area contributed by atoms with Gasteiger partial charge in [-0.2, -0.15) is 0 Å². The van der Waals surface area contributed by atoms with Gasteiger partial charge in [-0.05, 0) is 43.5 Å². The van der Waals surface area contributed by atoms with Crippen molar-refractivity contribution in [3.63, 3.8) is 0 Å². The number of anilines is 2. The summed E-state index contributed by atoms with van der Waals surface area (Å²) in [6, 6.07) is 11.1. The van der Waals surface area contributed by atoms with E-state index in [1.807, 2.05) is 36.4 Å². The first-order valence-corrected chi connectivity index (χ1v) is 13.8. The van der Waals surface area contributed by atoms with Gasteiger partial charge in [-0.3, -0.25) is 19.6 Å². The van der Waals surface area contributed by atoms with Gasteiger partial charge in [0.15, 0.2) is 5.78 Å². The van der Waals surface area contributed by atoms with Crippen LogP contribution >= 0.6 is 22.7 Å². The van der Waals surface area contributed by atoms with Crippen LogP contribution in [0.1, 0.15) is 58.9 Å². The van der Waals surface area contributed by atoms with Gasteiger partial charge in [0.25, 0.3) is 0 Å². The topological polar surface area (TPSA) is 136 Å². The van der Waals surface area contributed by atoms with Crippen LogP contribution in [0.25, 0.3) is 0 Å². The summed E-state index contributed by atoms with van der Waals surface area (Å²) in [4.78, 5) is 33.0. The van der Waals surface area contributed by atoms with Crippen molar-refractivity contribution >= 4 is 44.6 Å². The summed E-state index contributed by atoms with van der Waals surface area (Å²) in [5, 5.41) is 26.2. The van der Waals surface area contributed by atoms with Crippen molar-refractivity contribution < 1.29 is 9.59 Å². The smallest absolute Gasteiger partial charge is 0.232 e. The van der Waals surface area contributed by atoms with E-state index in [1.165, 1.54) is 22.7 Å². The van der Waals surface area contributed by atoms with E-state index >= 15 is 0 Å². The van der Waals surface area contributed by atoms with Crippen LogP contribution in [0.5, 0.6) is 0 Å². The predicted octanol–water partition coefficient (Wildman–Crippen LogP) is 4.03. The average molecular weight is 535 g/mol. The molecule has 1 amide bonds. The number of nitrogens with one attached hydrogen (secondary N) is 2. The largest absolute Gasteiger partial charge is 0.353 e. The minimum absolute atomic E-state index is 0.0485. The maximum Gasteiger partial charge on any atom is 0.232 e. The normalized spacial score (nSPS) is 17.3. The molecule has 190 valence electrons. The number of rotatable bonds is 10. The molecule has 2 unspecified atom stereocenters. The second-order valence-electron chi connectivity index (χ2n) is 8.89. The van der Waals surface area contributed by atoms with Gasteiger partial charge in [-0.15, -0.1) is 20.4 Å². The van der Waals surface area contributed by atoms with Crippen LogP contribution in [0.15, 0.2) is 48.8 Å². The van der Waals surface area contributed by atoms with Gasteiger partial charge in [0.2, 0.25) is 16.2 Å². The summed E-state index contributed by atoms with van der Waals surface area (Å²) >= 11 is 2.93. The summed E-state index contributed by atoms with van der Waals surface area (Å²) in [7, 11) is 0. The third kappa shape index (κ3) is 6.98. The molecule has 37 heavy (non-hydrogen) atoms. The highest BCUT2D eigenvalue weighted by atomic mass is 32.1. The number of hydrogen-bond acceptors (Lipinski definition) is 11. The molecule has 2 atom stereocenters. The maximum atomic E-state index is 12.3. The van der Waals surface area contributed by atoms with Crippen LogP contribution < -0.4 is 10.6 Å². The van der Waals surface area contributed by atoms with E-state index in [4.69, 9.17) is 0 Å². The van der Waals surface area contributed by atoms with Crippen molar-refractivity contribution in [1.29, 1.82) is 0 Å². The standard InChI is InChI=1S/C25H26N8O2S2/c34-20(13-18-8-1-3-10-26-18)15-28-24-32-30-22(36-24)16-6-5-7-17(12-16)23-31-33-25(37-23)29-21(35)14-19-9-2-4-11-27-19/h1-4,8-11,16-17H,5-7,12-15H2,(H,28,32)(H,29,33,35). The lowest BCUT2D eigenvalue weighted by Gasteiger charge is -2.25. The number of nitrogens with zero attached hydrogens (tertiary/aromatic N) is 6. The van der Waals surface area contributed by atoms with Crippen molar-refractivity contribution in [2.75, 3.05) is 17.2 Å². The van der Waals surface area contributed by atoms with Gasteiger partial charge >= 0.3 is 0 Å². The van der Waals surface area contributed by atoms with Gasteiger partial charge in [-0.25, -0.2) is 0 Å². The second kappa shape index (κ2) is 12.1. The number of carbonyl (C=O) groups excluding carboxylic acids is 2. The highest BCUT2D eigenvalue weighted by Gasteiger charge is 2.29. The van der Waals surface area contributed by atoms with Crippen molar-refractivity contribution in [2.45, 2.75) is 50.4 Å². The molecule has 1 saturated carbocycles. The van der Waals surface area contributed by atoms with Crippen LogP contribution in [0.4, 0.5) is 10.3 Å². The quantitative estimate of drug-likeness (QED) is 0.309. The lowest BCUT2D eigenvalue weighted by atomic mass is 9.82. The van der Waals surface area contributed by atoms with Crippen molar-refractivity contribution in [3.05, 3.63) is 70.2 Å². The molecule has 0 bridgehead atoms. The minimum atomic E-state index is -0.157. The molecule has 5 rings (SSSR count). The molecule has 4 aromatic heterocycles. The summed E-state index contributed by atoms with van der Waals surface area (Å²) < 4.78 is 0. The summed E-state index contributed by atoms with van der Waals surface area (Å²) in [5.74, 6) is 0.433. The number of pyridine rings is 2. The summed E-state index contributed by atoms with van der Waals surface area (Å²) in [6.07, 6.45) is 7.87. The molecule has 1 fully saturated rings. The monoisotopic (exact) mass is 534 g/mol. The molecule has 0 saturated heterocycles. The first kappa shape index (κ1) is 25.0. The van der Waals surface area contributed by atoms with Gasteiger partial charge < -0.3 is 10.6 Å². The molecule has 12 heteroatoms. The highest BCUT2D eigenvalue weighted by molar-refractivity contribution is 7.15. The molecule has 4 heterocycles. The molecule has 1 aliphatic carbocycles. The predicted molar refractivity (Wildman–Crippen MR) is 142 cm³/mol. The molecule has 0 radical (unpaired) electrons. The Morgan fingerprint density at radius 3 is 2.08 bits per heavy atom. The molecule has 1 aliphatic rings. The van der Waals surface area contributed by atoms with Crippen LogP contribution in [-0.4, -0.2) is 48.6 Å². The second-order valence-corrected chi connectivity index (χ2v) is 10.9. The molecule has 0 aromatic carbocycles. The van der Waals surface area contributed by atoms with E-state index in [-0.39, 0.29) is 42.9 Å². The average Bonchev–Trinajstić information content (AvgIpc) is 3.59. The fourth-order valence-electron chi connectivity index (χ4n) is 4.33. The van der Waals surface area contributed by atoms with E-state index in [2.05, 4.69) is 41.0 Å². The minimum Gasteiger partial charge on any atom is -0.353 e. The third-order valence-electron chi connectivity index (χ3n) is 6.11. The van der Waals surface area contributed by atoms with E-state index in [9.17, 15) is 9.59 Å². The first-order valence-electron chi connectivity index (χ1n) is 12.1. The Labute approximate surface area is 222 Å². The molecular weight excluding hydrogens is 508 g/mol. The lowest BCUT2D eigenvalue weighted by molar-refractivity contribution is -0.117. The van der Waals surface area contributed by atoms with Gasteiger partial charge in [0.05, 0.1) is 19.4 Å². The fourth-order valence-corrected chi connectivity index (χ4v) is 6.12. The zero-order valence-electron chi connectivity index (χ0n) is 20.0. The maximum absolute atomic E-state index is 12.3. The molecular formula is C25H26N8O2S2. The molecule has 10 nitrogen and oxygen atoms in total. The van der Waals surface area contributed by atoms with Crippen LogP contribution in [0, 0.1) is 0 Å². The van der Waals surface area contributed by atoms with Gasteiger partial charge in [0, 0.05) is 35.6 Å². The Balaban J connectivity index is 1.12. The van der Waals surface area contributed by atoms with Gasteiger partial charge in [0.1, 0.15) is 10.0 Å². The van der Waals surface area contributed by atoms with Crippen molar-refractivity contribution in [2.24, 2.45) is 0 Å². The van der Waals surface area contributed by atoms with E-state index in [1.54, 1.807) is 12.4 Å². The Bertz CT molecular complexity index is 1330. The zero-order chi connectivity index (χ0) is 25.5. The Morgan fingerprint density at radius 2 is 1.43 bits per heavy atom. The number of carbonyl (C=O) groups is 2. The highest BCUT2D eigenvalue weighted by Crippen LogP contribution is 2.43. The summed E-state index contributed by atoms with van der Waals surface area (Å²) in [5.41, 5.74) is 1.47. The Kier molecular flexibility index (Phi) is 8.16. The SMILES string of the molecule is O=C(CNc1nnc(C2CCCC(c3nnc(NC(=O)Cc4ccccn4)s3)C2)s1)Cc1ccccn1. The third-order valence-corrected chi connectivity index (χ3v) is 8.15. The summed E-state index contributed by atoms with van der Waals surface area (Å²) in [6.45, 7) is 0.193. The van der Waals surface area contributed by atoms with Crippen molar-refractivity contribution in [3.8, 4) is 0 Å². The van der Waals surface area contributed by atoms with Crippen molar-refractivity contribution in [1.82, 2.24) is 30.4 Å². The van der Waals surface area contributed by atoms with E-state index < -0.39 is 0 Å². The number of ketones is 1. The first-order chi connectivity index (χ1) is 18.1. The Morgan fingerprint density at radius 1 is 0.811 bits per heavy atom. The van der Waals surface area contributed by atoms with E-state index in [0.717, 1.165) is 41.4 Å². The Hall–Kier alpha value is -3.64. The van der Waals surface area contributed by atoms with Gasteiger partial charge in [-0.1, -0.05) is 41.2 Å². The molecule has 4 aromatic rings. The van der Waals surface area contributed by atoms with E-state index in [0.29, 0.717) is 16.0 Å². The lowest BCUT2D eigenvalue weighted by Crippen LogP contribution is -2.16. The number of hydrogen-bond donors (Lipinski definition) is 2. The molecule has 0 spiro atoms. The van der Waals surface area contributed by atoms with Crippen LogP contribution in [0.2, 0.25) is 0 Å². The molecule has 2 N–H and O–H groups in total. The zero-order valence-corrected chi connectivity index (χ0v) is 21.7. The number of Topliss-reactive ketones (excluding diaryl/α,β-unsaturated/α-hetero) is 1.